The Hall–Kier alpha value is -2.67. The van der Waals surface area contributed by atoms with Crippen LogP contribution < -0.4 is 0 Å². The van der Waals surface area contributed by atoms with Crippen LogP contribution in [0.3, 0.4) is 0 Å². The van der Waals surface area contributed by atoms with Crippen molar-refractivity contribution in [3.63, 3.8) is 0 Å². The second kappa shape index (κ2) is 6.09. The molecule has 124 valence electrons. The Morgan fingerprint density at radius 3 is 3.17 bits per heavy atom. The molecule has 1 fully saturated rings. The van der Waals surface area contributed by atoms with Crippen molar-refractivity contribution < 1.29 is 9.53 Å². The number of carbonyl (C=O) groups is 1. The summed E-state index contributed by atoms with van der Waals surface area (Å²) in [6.07, 6.45) is 3.79. The highest BCUT2D eigenvalue weighted by atomic mass is 16.5. The van der Waals surface area contributed by atoms with E-state index in [1.807, 2.05) is 36.2 Å². The van der Waals surface area contributed by atoms with Crippen LogP contribution in [0.15, 0.2) is 36.7 Å². The van der Waals surface area contributed by atoms with E-state index in [4.69, 9.17) is 4.74 Å². The maximum absolute atomic E-state index is 12.7. The maximum Gasteiger partial charge on any atom is 0.227 e. The van der Waals surface area contributed by atoms with Gasteiger partial charge in [0.1, 0.15) is 6.10 Å². The molecule has 1 unspecified atom stereocenters. The quantitative estimate of drug-likeness (QED) is 0.790. The summed E-state index contributed by atoms with van der Waals surface area (Å²) in [6.45, 7) is 1.73. The van der Waals surface area contributed by atoms with Gasteiger partial charge in [-0.3, -0.25) is 14.6 Å². The first-order valence-corrected chi connectivity index (χ1v) is 8.00. The second-order valence-electron chi connectivity index (χ2n) is 6.05. The van der Waals surface area contributed by atoms with E-state index >= 15 is 0 Å². The Labute approximate surface area is 139 Å². The fraction of sp³-hybridized carbons (Fsp3) is 0.353. The average molecular weight is 325 g/mol. The molecular weight excluding hydrogens is 306 g/mol. The molecule has 1 atom stereocenters. The molecule has 3 aromatic rings. The van der Waals surface area contributed by atoms with Gasteiger partial charge in [-0.15, -0.1) is 0 Å². The number of aromatic nitrogens is 4. The van der Waals surface area contributed by atoms with Crippen molar-refractivity contribution in [1.82, 2.24) is 24.9 Å². The first-order chi connectivity index (χ1) is 11.7. The van der Waals surface area contributed by atoms with Gasteiger partial charge in [-0.05, 0) is 23.8 Å². The Morgan fingerprint density at radius 1 is 1.42 bits per heavy atom. The summed E-state index contributed by atoms with van der Waals surface area (Å²) in [4.78, 5) is 14.5. The van der Waals surface area contributed by atoms with Crippen molar-refractivity contribution in [2.24, 2.45) is 7.05 Å². The molecule has 1 aromatic carbocycles. The van der Waals surface area contributed by atoms with E-state index in [9.17, 15) is 4.79 Å². The Morgan fingerprint density at radius 2 is 2.33 bits per heavy atom. The van der Waals surface area contributed by atoms with Gasteiger partial charge in [-0.1, -0.05) is 6.07 Å². The summed E-state index contributed by atoms with van der Waals surface area (Å²) in [6, 6.07) is 7.88. The summed E-state index contributed by atoms with van der Waals surface area (Å²) in [7, 11) is 1.89. The zero-order valence-electron chi connectivity index (χ0n) is 13.5. The van der Waals surface area contributed by atoms with Crippen LogP contribution in [0, 0.1) is 0 Å². The van der Waals surface area contributed by atoms with Crippen molar-refractivity contribution in [2.75, 3.05) is 19.7 Å². The molecule has 0 bridgehead atoms. The molecule has 7 heteroatoms. The van der Waals surface area contributed by atoms with E-state index in [2.05, 4.69) is 15.3 Å². The molecule has 2 aromatic heterocycles. The van der Waals surface area contributed by atoms with Crippen LogP contribution in [0.1, 0.15) is 17.4 Å². The first-order valence-electron chi connectivity index (χ1n) is 8.00. The monoisotopic (exact) mass is 325 g/mol. The molecule has 1 N–H and O–H groups in total. The molecule has 0 saturated carbocycles. The minimum absolute atomic E-state index is 0.119. The number of ether oxygens (including phenoxy) is 1. The molecule has 1 amide bonds. The number of aromatic amines is 1. The highest BCUT2D eigenvalue weighted by molar-refractivity contribution is 5.83. The van der Waals surface area contributed by atoms with Gasteiger partial charge in [0.2, 0.25) is 5.91 Å². The second-order valence-corrected chi connectivity index (χ2v) is 6.05. The molecule has 1 saturated heterocycles. The van der Waals surface area contributed by atoms with Crippen LogP contribution in [-0.2, 0) is 23.0 Å². The van der Waals surface area contributed by atoms with Crippen LogP contribution in [0.5, 0.6) is 0 Å². The molecule has 4 rings (SSSR count). The van der Waals surface area contributed by atoms with Crippen LogP contribution in [0.2, 0.25) is 0 Å². The van der Waals surface area contributed by atoms with Gasteiger partial charge in [0.15, 0.2) is 0 Å². The van der Waals surface area contributed by atoms with E-state index in [1.54, 1.807) is 17.1 Å². The highest BCUT2D eigenvalue weighted by Crippen LogP contribution is 2.22. The SMILES string of the molecule is Cn1nccc1C1CN(C(=O)Cc2ccc3[nH]ncc3c2)CCO1. The predicted octanol–water partition coefficient (Wildman–Crippen LogP) is 1.44. The molecule has 24 heavy (non-hydrogen) atoms. The lowest BCUT2D eigenvalue weighted by molar-refractivity contribution is -0.138. The van der Waals surface area contributed by atoms with E-state index in [-0.39, 0.29) is 12.0 Å². The number of amides is 1. The summed E-state index contributed by atoms with van der Waals surface area (Å²) in [5.74, 6) is 0.119. The van der Waals surface area contributed by atoms with Crippen LogP contribution in [0.25, 0.3) is 10.9 Å². The van der Waals surface area contributed by atoms with Gasteiger partial charge in [0.05, 0.1) is 37.0 Å². The van der Waals surface area contributed by atoms with Gasteiger partial charge in [-0.25, -0.2) is 0 Å². The number of fused-ring (bicyclic) bond motifs is 1. The number of carbonyl (C=O) groups excluding carboxylic acids is 1. The van der Waals surface area contributed by atoms with Crippen molar-refractivity contribution >= 4 is 16.8 Å². The average Bonchev–Trinajstić information content (AvgIpc) is 3.23. The smallest absolute Gasteiger partial charge is 0.227 e. The Balaban J connectivity index is 1.46. The number of benzene rings is 1. The molecule has 7 nitrogen and oxygen atoms in total. The summed E-state index contributed by atoms with van der Waals surface area (Å²) in [5, 5.41) is 12.1. The number of H-pyrrole nitrogens is 1. The number of morpholine rings is 1. The Kier molecular flexibility index (Phi) is 3.78. The third kappa shape index (κ3) is 2.78. The number of rotatable bonds is 3. The minimum atomic E-state index is -0.119. The third-order valence-corrected chi connectivity index (χ3v) is 4.47. The number of aryl methyl sites for hydroxylation is 1. The number of nitrogens with one attached hydrogen (secondary N) is 1. The van der Waals surface area contributed by atoms with Gasteiger partial charge in [0.25, 0.3) is 0 Å². The lowest BCUT2D eigenvalue weighted by Gasteiger charge is -2.33. The summed E-state index contributed by atoms with van der Waals surface area (Å²) in [5.41, 5.74) is 2.97. The van der Waals surface area contributed by atoms with Crippen molar-refractivity contribution in [3.8, 4) is 0 Å². The Bertz CT molecular complexity index is 869. The van der Waals surface area contributed by atoms with Crippen LogP contribution in [0.4, 0.5) is 0 Å². The standard InChI is InChI=1S/C17H19N5O2/c1-21-15(4-5-19-21)16-11-22(6-7-24-16)17(23)9-12-2-3-14-13(8-12)10-18-20-14/h2-5,8,10,16H,6-7,9,11H2,1H3,(H,18,20). The fourth-order valence-electron chi connectivity index (χ4n) is 3.14. The van der Waals surface area contributed by atoms with E-state index < -0.39 is 0 Å². The van der Waals surface area contributed by atoms with Crippen LogP contribution >= 0.6 is 0 Å². The van der Waals surface area contributed by atoms with Crippen LogP contribution in [-0.4, -0.2) is 50.5 Å². The molecule has 0 spiro atoms. The van der Waals surface area contributed by atoms with E-state index in [1.165, 1.54) is 0 Å². The summed E-state index contributed by atoms with van der Waals surface area (Å²) < 4.78 is 7.61. The number of hydrogen-bond acceptors (Lipinski definition) is 4. The normalized spacial score (nSPS) is 18.2. The number of nitrogens with zero attached hydrogens (tertiary/aromatic N) is 4. The molecule has 0 aliphatic carbocycles. The van der Waals surface area contributed by atoms with Gasteiger partial charge >= 0.3 is 0 Å². The molecule has 3 heterocycles. The van der Waals surface area contributed by atoms with E-state index in [0.29, 0.717) is 26.1 Å². The molecular formula is C17H19N5O2. The maximum atomic E-state index is 12.7. The van der Waals surface area contributed by atoms with Crippen molar-refractivity contribution in [1.29, 1.82) is 0 Å². The van der Waals surface area contributed by atoms with Gasteiger partial charge in [0, 0.05) is 25.2 Å². The van der Waals surface area contributed by atoms with Crippen molar-refractivity contribution in [2.45, 2.75) is 12.5 Å². The predicted molar refractivity (Wildman–Crippen MR) is 88.3 cm³/mol. The topological polar surface area (TPSA) is 76.0 Å². The summed E-state index contributed by atoms with van der Waals surface area (Å²) >= 11 is 0. The fourth-order valence-corrected chi connectivity index (χ4v) is 3.14. The lowest BCUT2D eigenvalue weighted by atomic mass is 10.1. The van der Waals surface area contributed by atoms with E-state index in [0.717, 1.165) is 22.2 Å². The molecule has 1 aliphatic rings. The van der Waals surface area contributed by atoms with Gasteiger partial charge < -0.3 is 9.64 Å². The zero-order chi connectivity index (χ0) is 16.5. The zero-order valence-corrected chi connectivity index (χ0v) is 13.5. The lowest BCUT2D eigenvalue weighted by Crippen LogP contribution is -2.43. The molecule has 0 radical (unpaired) electrons. The van der Waals surface area contributed by atoms with Gasteiger partial charge in [-0.2, -0.15) is 10.2 Å². The highest BCUT2D eigenvalue weighted by Gasteiger charge is 2.27. The minimum Gasteiger partial charge on any atom is -0.368 e. The van der Waals surface area contributed by atoms with Crippen molar-refractivity contribution in [3.05, 3.63) is 47.9 Å². The largest absolute Gasteiger partial charge is 0.368 e. The number of hydrogen-bond donors (Lipinski definition) is 1. The third-order valence-electron chi connectivity index (χ3n) is 4.47. The molecule has 1 aliphatic heterocycles. The first kappa shape index (κ1) is 14.9.